The van der Waals surface area contributed by atoms with E-state index in [9.17, 15) is 0 Å². The fraction of sp³-hybridized carbons (Fsp3) is 0.312. The van der Waals surface area contributed by atoms with E-state index in [1.54, 1.807) is 27.5 Å². The van der Waals surface area contributed by atoms with Crippen molar-refractivity contribution in [3.8, 4) is 17.2 Å². The molecule has 1 aromatic carbocycles. The van der Waals surface area contributed by atoms with E-state index < -0.39 is 0 Å². The molecule has 0 saturated heterocycles. The highest BCUT2D eigenvalue weighted by atomic mass is 79.9. The Morgan fingerprint density at radius 1 is 1.00 bits per heavy atom. The summed E-state index contributed by atoms with van der Waals surface area (Å²) in [5, 5.41) is 3.28. The lowest BCUT2D eigenvalue weighted by molar-refractivity contribution is 0.322. The van der Waals surface area contributed by atoms with Gasteiger partial charge < -0.3 is 19.5 Å². The fourth-order valence-electron chi connectivity index (χ4n) is 2.17. The summed E-state index contributed by atoms with van der Waals surface area (Å²) >= 11 is 3.37. The first-order chi connectivity index (χ1) is 10.7. The maximum Gasteiger partial charge on any atom is 0.203 e. The highest BCUT2D eigenvalue weighted by Gasteiger charge is 2.15. The molecule has 0 saturated carbocycles. The molecule has 0 aliphatic rings. The minimum absolute atomic E-state index is 0.615. The molecule has 118 valence electrons. The summed E-state index contributed by atoms with van der Waals surface area (Å²) in [7, 11) is 4.84. The summed E-state index contributed by atoms with van der Waals surface area (Å²) in [5.41, 5.74) is 1.05. The number of hydrogen-bond acceptors (Lipinski definition) is 5. The van der Waals surface area contributed by atoms with E-state index in [0.717, 1.165) is 28.8 Å². The van der Waals surface area contributed by atoms with Gasteiger partial charge in [0.25, 0.3) is 0 Å². The number of hydrogen-bond donors (Lipinski definition) is 1. The Labute approximate surface area is 138 Å². The summed E-state index contributed by atoms with van der Waals surface area (Å²) in [6.45, 7) is 0.737. The van der Waals surface area contributed by atoms with Crippen molar-refractivity contribution < 1.29 is 14.2 Å². The molecular formula is C16H19BrN2O3. The van der Waals surface area contributed by atoms with Gasteiger partial charge in [-0.3, -0.25) is 0 Å². The molecule has 0 amide bonds. The zero-order chi connectivity index (χ0) is 15.9. The van der Waals surface area contributed by atoms with E-state index in [2.05, 4.69) is 26.2 Å². The zero-order valence-electron chi connectivity index (χ0n) is 12.9. The number of aromatic nitrogens is 1. The van der Waals surface area contributed by atoms with Crippen LogP contribution >= 0.6 is 15.9 Å². The van der Waals surface area contributed by atoms with Crippen molar-refractivity contribution in [2.75, 3.05) is 33.2 Å². The molecule has 0 unspecified atom stereocenters. The Morgan fingerprint density at radius 2 is 1.77 bits per heavy atom. The third-order valence-corrected chi connectivity index (χ3v) is 3.68. The molecule has 6 heteroatoms. The number of pyridine rings is 1. The van der Waals surface area contributed by atoms with Gasteiger partial charge in [-0.1, -0.05) is 6.07 Å². The first kappa shape index (κ1) is 16.4. The standard InChI is InChI=1S/C16H19BrN2O3/c1-20-13-6-4-11(15(21-2)16(13)22-3)8-9-18-14-7-5-12(17)10-19-14/h4-7,10H,8-9H2,1-3H3,(H,18,19). The zero-order valence-corrected chi connectivity index (χ0v) is 14.4. The van der Waals surface area contributed by atoms with Crippen molar-refractivity contribution in [2.45, 2.75) is 6.42 Å². The van der Waals surface area contributed by atoms with Crippen LogP contribution in [0.25, 0.3) is 0 Å². The molecule has 0 bridgehead atoms. The highest BCUT2D eigenvalue weighted by molar-refractivity contribution is 9.10. The second-order valence-electron chi connectivity index (χ2n) is 4.53. The van der Waals surface area contributed by atoms with Crippen LogP contribution in [0.4, 0.5) is 5.82 Å². The van der Waals surface area contributed by atoms with Crippen LogP contribution in [-0.4, -0.2) is 32.9 Å². The Balaban J connectivity index is 2.07. The van der Waals surface area contributed by atoms with Crippen LogP contribution in [0.3, 0.4) is 0 Å². The molecule has 1 N–H and O–H groups in total. The SMILES string of the molecule is COc1ccc(CCNc2ccc(Br)cn2)c(OC)c1OC. The molecule has 0 spiro atoms. The number of anilines is 1. The normalized spacial score (nSPS) is 10.2. The Bertz CT molecular complexity index is 618. The molecular weight excluding hydrogens is 348 g/mol. The van der Waals surface area contributed by atoms with E-state index in [1.807, 2.05) is 24.3 Å². The van der Waals surface area contributed by atoms with Crippen molar-refractivity contribution in [2.24, 2.45) is 0 Å². The lowest BCUT2D eigenvalue weighted by atomic mass is 10.1. The van der Waals surface area contributed by atoms with Crippen molar-refractivity contribution in [1.82, 2.24) is 4.98 Å². The first-order valence-corrected chi connectivity index (χ1v) is 7.62. The second kappa shape index (κ2) is 7.89. The van der Waals surface area contributed by atoms with Crippen LogP contribution in [0.2, 0.25) is 0 Å². The molecule has 0 fully saturated rings. The first-order valence-electron chi connectivity index (χ1n) is 6.83. The van der Waals surface area contributed by atoms with Gasteiger partial charge in [-0.25, -0.2) is 4.98 Å². The maximum atomic E-state index is 5.47. The Hall–Kier alpha value is -1.95. The summed E-state index contributed by atoms with van der Waals surface area (Å²) in [4.78, 5) is 4.28. The number of ether oxygens (including phenoxy) is 3. The molecule has 22 heavy (non-hydrogen) atoms. The van der Waals surface area contributed by atoms with Gasteiger partial charge in [-0.05, 0) is 40.5 Å². The largest absolute Gasteiger partial charge is 0.493 e. The predicted octanol–water partition coefficient (Wildman–Crippen LogP) is 3.52. The molecule has 0 atom stereocenters. The third kappa shape index (κ3) is 3.82. The number of benzene rings is 1. The van der Waals surface area contributed by atoms with Crippen LogP contribution in [-0.2, 0) is 6.42 Å². The van der Waals surface area contributed by atoms with E-state index in [-0.39, 0.29) is 0 Å². The van der Waals surface area contributed by atoms with Gasteiger partial charge in [-0.2, -0.15) is 0 Å². The summed E-state index contributed by atoms with van der Waals surface area (Å²) < 4.78 is 17.1. The van der Waals surface area contributed by atoms with Crippen LogP contribution in [0.15, 0.2) is 34.9 Å². The van der Waals surface area contributed by atoms with Gasteiger partial charge in [0.05, 0.1) is 21.3 Å². The third-order valence-electron chi connectivity index (χ3n) is 3.21. The minimum Gasteiger partial charge on any atom is -0.493 e. The average molecular weight is 367 g/mol. The smallest absolute Gasteiger partial charge is 0.203 e. The van der Waals surface area contributed by atoms with Crippen molar-refractivity contribution in [3.05, 3.63) is 40.5 Å². The quantitative estimate of drug-likeness (QED) is 0.812. The van der Waals surface area contributed by atoms with Gasteiger partial charge in [0, 0.05) is 22.8 Å². The molecule has 2 aromatic rings. The van der Waals surface area contributed by atoms with Crippen LogP contribution in [0, 0.1) is 0 Å². The van der Waals surface area contributed by atoms with E-state index in [4.69, 9.17) is 14.2 Å². The number of methoxy groups -OCH3 is 3. The molecule has 0 radical (unpaired) electrons. The molecule has 0 aliphatic carbocycles. The number of rotatable bonds is 7. The van der Waals surface area contributed by atoms with E-state index in [0.29, 0.717) is 17.2 Å². The van der Waals surface area contributed by atoms with Crippen LogP contribution in [0.1, 0.15) is 5.56 Å². The topological polar surface area (TPSA) is 52.6 Å². The fourth-order valence-corrected chi connectivity index (χ4v) is 2.40. The summed E-state index contributed by atoms with van der Waals surface area (Å²) in [5.74, 6) is 2.81. The number of halogens is 1. The predicted molar refractivity (Wildman–Crippen MR) is 90.2 cm³/mol. The summed E-state index contributed by atoms with van der Waals surface area (Å²) in [6.07, 6.45) is 2.54. The average Bonchev–Trinajstić information content (AvgIpc) is 2.55. The van der Waals surface area contributed by atoms with Crippen LogP contribution < -0.4 is 19.5 Å². The van der Waals surface area contributed by atoms with Crippen molar-refractivity contribution in [3.63, 3.8) is 0 Å². The minimum atomic E-state index is 0.615. The van der Waals surface area contributed by atoms with Crippen molar-refractivity contribution in [1.29, 1.82) is 0 Å². The van der Waals surface area contributed by atoms with E-state index >= 15 is 0 Å². The molecule has 1 heterocycles. The molecule has 2 rings (SSSR count). The molecule has 0 aliphatic heterocycles. The Morgan fingerprint density at radius 3 is 2.36 bits per heavy atom. The molecule has 1 aromatic heterocycles. The van der Waals surface area contributed by atoms with Gasteiger partial charge in [0.2, 0.25) is 5.75 Å². The van der Waals surface area contributed by atoms with E-state index in [1.165, 1.54) is 0 Å². The van der Waals surface area contributed by atoms with Gasteiger partial charge in [-0.15, -0.1) is 0 Å². The highest BCUT2D eigenvalue weighted by Crippen LogP contribution is 2.39. The number of nitrogens with zero attached hydrogens (tertiary/aromatic N) is 1. The summed E-state index contributed by atoms with van der Waals surface area (Å²) in [6, 6.07) is 7.74. The monoisotopic (exact) mass is 366 g/mol. The van der Waals surface area contributed by atoms with Gasteiger partial charge >= 0.3 is 0 Å². The van der Waals surface area contributed by atoms with Crippen LogP contribution in [0.5, 0.6) is 17.2 Å². The lowest BCUT2D eigenvalue weighted by Gasteiger charge is -2.16. The van der Waals surface area contributed by atoms with Crippen molar-refractivity contribution >= 4 is 21.7 Å². The Kier molecular flexibility index (Phi) is 5.89. The molecule has 5 nitrogen and oxygen atoms in total. The second-order valence-corrected chi connectivity index (χ2v) is 5.45. The van der Waals surface area contributed by atoms with Gasteiger partial charge in [0.1, 0.15) is 5.82 Å². The maximum absolute atomic E-state index is 5.47. The lowest BCUT2D eigenvalue weighted by Crippen LogP contribution is -2.08. The number of nitrogens with one attached hydrogen (secondary N) is 1. The van der Waals surface area contributed by atoms with Gasteiger partial charge in [0.15, 0.2) is 11.5 Å².